The molecule has 1 atom stereocenters. The van der Waals surface area contributed by atoms with E-state index in [1.54, 1.807) is 0 Å². The Kier molecular flexibility index (Phi) is 5.81. The molecule has 2 aromatic heterocycles. The number of ether oxygens (including phenoxy) is 2. The standard InChI is InChI=1S/C26H27N3O2/c1-17(2)30-22-9-5-19(6-10-22)24-16-29-25(15-28-26(29)13-21(24)14-27)20-7-11-23(12-8-20)31-18(3)4/h5-7,9-13,15-18,20H,8H2,1-4H3. The van der Waals surface area contributed by atoms with Gasteiger partial charge in [-0.2, -0.15) is 5.26 Å². The van der Waals surface area contributed by atoms with Crippen LogP contribution in [0.3, 0.4) is 0 Å². The normalized spacial score (nSPS) is 15.9. The molecule has 1 unspecified atom stereocenters. The van der Waals surface area contributed by atoms with Gasteiger partial charge in [-0.25, -0.2) is 4.98 Å². The van der Waals surface area contributed by atoms with Crippen LogP contribution in [0.5, 0.6) is 5.75 Å². The molecule has 5 nitrogen and oxygen atoms in total. The highest BCUT2D eigenvalue weighted by atomic mass is 16.5. The molecule has 31 heavy (non-hydrogen) atoms. The molecule has 0 saturated heterocycles. The second kappa shape index (κ2) is 8.69. The average molecular weight is 414 g/mol. The number of hydrogen-bond donors (Lipinski definition) is 0. The van der Waals surface area contributed by atoms with Crippen molar-refractivity contribution in [2.75, 3.05) is 0 Å². The molecule has 158 valence electrons. The van der Waals surface area contributed by atoms with Crippen molar-refractivity contribution in [1.29, 1.82) is 5.26 Å². The van der Waals surface area contributed by atoms with Gasteiger partial charge in [0.2, 0.25) is 0 Å². The molecule has 0 spiro atoms. The molecule has 1 aliphatic carbocycles. The molecule has 0 bridgehead atoms. The fourth-order valence-corrected chi connectivity index (χ4v) is 3.80. The van der Waals surface area contributed by atoms with E-state index in [1.165, 1.54) is 0 Å². The third-order valence-corrected chi connectivity index (χ3v) is 5.15. The predicted octanol–water partition coefficient (Wildman–Crippen LogP) is 6.01. The summed E-state index contributed by atoms with van der Waals surface area (Å²) in [5.41, 5.74) is 4.33. The topological polar surface area (TPSA) is 59.5 Å². The predicted molar refractivity (Wildman–Crippen MR) is 122 cm³/mol. The van der Waals surface area contributed by atoms with Crippen molar-refractivity contribution in [3.05, 3.63) is 78.0 Å². The summed E-state index contributed by atoms with van der Waals surface area (Å²) in [5.74, 6) is 1.94. The average Bonchev–Trinajstić information content (AvgIpc) is 3.16. The number of pyridine rings is 1. The molecule has 0 amide bonds. The molecule has 5 heteroatoms. The minimum Gasteiger partial charge on any atom is -0.491 e. The summed E-state index contributed by atoms with van der Waals surface area (Å²) in [5, 5.41) is 9.72. The first kappa shape index (κ1) is 20.7. The number of fused-ring (bicyclic) bond motifs is 1. The van der Waals surface area contributed by atoms with Crippen LogP contribution >= 0.6 is 0 Å². The lowest BCUT2D eigenvalue weighted by Gasteiger charge is -2.18. The van der Waals surface area contributed by atoms with E-state index in [9.17, 15) is 5.26 Å². The zero-order valence-electron chi connectivity index (χ0n) is 18.4. The summed E-state index contributed by atoms with van der Waals surface area (Å²) in [7, 11) is 0. The van der Waals surface area contributed by atoms with Gasteiger partial charge in [0.25, 0.3) is 0 Å². The van der Waals surface area contributed by atoms with Gasteiger partial charge in [-0.1, -0.05) is 18.2 Å². The van der Waals surface area contributed by atoms with E-state index >= 15 is 0 Å². The van der Waals surface area contributed by atoms with E-state index in [2.05, 4.69) is 27.6 Å². The van der Waals surface area contributed by atoms with Crippen LogP contribution in [-0.4, -0.2) is 21.6 Å². The Bertz CT molecular complexity index is 1180. The largest absolute Gasteiger partial charge is 0.491 e. The minimum absolute atomic E-state index is 0.120. The highest BCUT2D eigenvalue weighted by molar-refractivity contribution is 5.73. The first-order valence-electron chi connectivity index (χ1n) is 10.7. The summed E-state index contributed by atoms with van der Waals surface area (Å²) in [4.78, 5) is 4.56. The van der Waals surface area contributed by atoms with Crippen LogP contribution in [0.1, 0.15) is 51.3 Å². The van der Waals surface area contributed by atoms with Crippen LogP contribution < -0.4 is 4.74 Å². The summed E-state index contributed by atoms with van der Waals surface area (Å²) in [6.45, 7) is 8.06. The fourth-order valence-electron chi connectivity index (χ4n) is 3.80. The Labute approximate surface area is 183 Å². The lowest BCUT2D eigenvalue weighted by molar-refractivity contribution is 0.156. The maximum absolute atomic E-state index is 9.72. The van der Waals surface area contributed by atoms with Crippen molar-refractivity contribution >= 4 is 5.65 Å². The maximum atomic E-state index is 9.72. The number of allylic oxidation sites excluding steroid dienone is 3. The van der Waals surface area contributed by atoms with E-state index in [-0.39, 0.29) is 18.1 Å². The van der Waals surface area contributed by atoms with Crippen LogP contribution in [-0.2, 0) is 4.74 Å². The number of rotatable bonds is 6. The lowest BCUT2D eigenvalue weighted by Crippen LogP contribution is -2.07. The lowest BCUT2D eigenvalue weighted by atomic mass is 9.96. The fraction of sp³-hybridized carbons (Fsp3) is 0.308. The first-order valence-corrected chi connectivity index (χ1v) is 10.7. The van der Waals surface area contributed by atoms with Gasteiger partial charge in [0.1, 0.15) is 17.2 Å². The highest BCUT2D eigenvalue weighted by Crippen LogP contribution is 2.31. The summed E-state index contributed by atoms with van der Waals surface area (Å²) in [6.07, 6.45) is 11.4. The van der Waals surface area contributed by atoms with Gasteiger partial charge >= 0.3 is 0 Å². The summed E-state index contributed by atoms with van der Waals surface area (Å²) < 4.78 is 13.6. The number of hydrogen-bond acceptors (Lipinski definition) is 4. The van der Waals surface area contributed by atoms with E-state index in [4.69, 9.17) is 9.47 Å². The van der Waals surface area contributed by atoms with E-state index in [1.807, 2.05) is 76.5 Å². The van der Waals surface area contributed by atoms with Gasteiger partial charge in [-0.3, -0.25) is 0 Å². The van der Waals surface area contributed by atoms with Crippen molar-refractivity contribution in [1.82, 2.24) is 9.38 Å². The molecule has 1 aromatic carbocycles. The van der Waals surface area contributed by atoms with Crippen LogP contribution in [0.25, 0.3) is 16.8 Å². The molecule has 2 heterocycles. The summed E-state index contributed by atoms with van der Waals surface area (Å²) in [6, 6.07) is 12.1. The molecule has 1 aliphatic rings. The summed E-state index contributed by atoms with van der Waals surface area (Å²) >= 11 is 0. The second-order valence-corrected chi connectivity index (χ2v) is 8.29. The molecule has 0 fully saturated rings. The Morgan fingerprint density at radius 2 is 1.84 bits per heavy atom. The van der Waals surface area contributed by atoms with Crippen LogP contribution in [0.4, 0.5) is 0 Å². The number of benzene rings is 1. The van der Waals surface area contributed by atoms with Gasteiger partial charge in [0.05, 0.1) is 23.8 Å². The molecular formula is C26H27N3O2. The van der Waals surface area contributed by atoms with Crippen LogP contribution in [0, 0.1) is 11.3 Å². The Balaban J connectivity index is 1.68. The van der Waals surface area contributed by atoms with Gasteiger partial charge in [0.15, 0.2) is 0 Å². The van der Waals surface area contributed by atoms with E-state index in [0.29, 0.717) is 5.56 Å². The number of aromatic nitrogens is 2. The SMILES string of the molecule is CC(C)OC1=CCC(c2cnc3cc(C#N)c(-c4ccc(OC(C)C)cc4)cn23)C=C1. The minimum atomic E-state index is 0.120. The molecule has 3 aromatic rings. The van der Waals surface area contributed by atoms with Crippen molar-refractivity contribution in [3.63, 3.8) is 0 Å². The highest BCUT2D eigenvalue weighted by Gasteiger charge is 2.18. The van der Waals surface area contributed by atoms with Crippen LogP contribution in [0.15, 0.2) is 66.7 Å². The third-order valence-electron chi connectivity index (χ3n) is 5.15. The van der Waals surface area contributed by atoms with E-state index in [0.717, 1.165) is 40.4 Å². The number of nitrogens with zero attached hydrogens (tertiary/aromatic N) is 3. The number of imidazole rings is 1. The third kappa shape index (κ3) is 4.49. The second-order valence-electron chi connectivity index (χ2n) is 8.29. The zero-order valence-corrected chi connectivity index (χ0v) is 18.4. The van der Waals surface area contributed by atoms with Gasteiger partial charge in [-0.15, -0.1) is 0 Å². The van der Waals surface area contributed by atoms with Gasteiger partial charge in [0, 0.05) is 29.6 Å². The Hall–Kier alpha value is -3.52. The maximum Gasteiger partial charge on any atom is 0.138 e. The number of nitriles is 1. The van der Waals surface area contributed by atoms with Crippen molar-refractivity contribution < 1.29 is 9.47 Å². The molecule has 0 radical (unpaired) electrons. The van der Waals surface area contributed by atoms with Crippen molar-refractivity contribution in [2.45, 2.75) is 52.2 Å². The monoisotopic (exact) mass is 413 g/mol. The van der Waals surface area contributed by atoms with Crippen molar-refractivity contribution in [3.8, 4) is 22.9 Å². The molecule has 0 N–H and O–H groups in total. The van der Waals surface area contributed by atoms with Gasteiger partial charge in [-0.05, 0) is 70.0 Å². The van der Waals surface area contributed by atoms with Gasteiger partial charge < -0.3 is 13.9 Å². The van der Waals surface area contributed by atoms with Crippen LogP contribution in [0.2, 0.25) is 0 Å². The van der Waals surface area contributed by atoms with E-state index < -0.39 is 0 Å². The molecular weight excluding hydrogens is 386 g/mol. The van der Waals surface area contributed by atoms with Crippen molar-refractivity contribution in [2.24, 2.45) is 0 Å². The quantitative estimate of drug-likeness (QED) is 0.496. The molecule has 0 saturated carbocycles. The Morgan fingerprint density at radius 1 is 1.10 bits per heavy atom. The zero-order chi connectivity index (χ0) is 22.0. The molecule has 4 rings (SSSR count). The smallest absolute Gasteiger partial charge is 0.138 e. The first-order chi connectivity index (χ1) is 14.9. The molecule has 0 aliphatic heterocycles. The Morgan fingerprint density at radius 3 is 2.45 bits per heavy atom.